The molecule has 6 nitrogen and oxygen atoms in total. The van der Waals surface area contributed by atoms with Crippen LogP contribution < -0.4 is 0 Å². The standard InChI is InChI=1S/C21H36N4O2S2/c1-2-9-22-14-16-24(17-15-22)19-5-10-23(11-6-19)20-7-12-25(13-8-20)29(26,27)21-4-3-18-28-21/h3-4,18-20H,2,5-17H2,1H3. The van der Waals surface area contributed by atoms with Crippen molar-refractivity contribution >= 4 is 21.4 Å². The summed E-state index contributed by atoms with van der Waals surface area (Å²) in [5.41, 5.74) is 0. The van der Waals surface area contributed by atoms with E-state index in [1.165, 1.54) is 76.4 Å². The average Bonchev–Trinajstić information content (AvgIpc) is 3.31. The lowest BCUT2D eigenvalue weighted by atomic mass is 9.97. The monoisotopic (exact) mass is 440 g/mol. The molecule has 3 aliphatic heterocycles. The maximum Gasteiger partial charge on any atom is 0.252 e. The Hall–Kier alpha value is -0.510. The highest BCUT2D eigenvalue weighted by atomic mass is 32.2. The van der Waals surface area contributed by atoms with E-state index in [0.29, 0.717) is 23.3 Å². The lowest BCUT2D eigenvalue weighted by Crippen LogP contribution is -2.55. The van der Waals surface area contributed by atoms with E-state index in [9.17, 15) is 8.42 Å². The first-order valence-corrected chi connectivity index (χ1v) is 13.6. The lowest BCUT2D eigenvalue weighted by Gasteiger charge is -2.45. The molecule has 0 radical (unpaired) electrons. The van der Waals surface area contributed by atoms with Crippen LogP contribution in [0.3, 0.4) is 0 Å². The summed E-state index contributed by atoms with van der Waals surface area (Å²) in [6, 6.07) is 4.83. The molecule has 0 saturated carbocycles. The third kappa shape index (κ3) is 5.05. The molecule has 0 bridgehead atoms. The first kappa shape index (κ1) is 21.7. The Labute approximate surface area is 180 Å². The molecule has 4 heterocycles. The highest BCUT2D eigenvalue weighted by Gasteiger charge is 2.34. The number of hydrogen-bond acceptors (Lipinski definition) is 6. The Kier molecular flexibility index (Phi) is 7.30. The van der Waals surface area contributed by atoms with Crippen molar-refractivity contribution in [1.82, 2.24) is 19.0 Å². The fraction of sp³-hybridized carbons (Fsp3) is 0.810. The van der Waals surface area contributed by atoms with Gasteiger partial charge in [0.1, 0.15) is 4.21 Å². The number of likely N-dealkylation sites (tertiary alicyclic amines) is 1. The highest BCUT2D eigenvalue weighted by molar-refractivity contribution is 7.91. The van der Waals surface area contributed by atoms with Crippen molar-refractivity contribution in [3.63, 3.8) is 0 Å². The minimum absolute atomic E-state index is 0.482. The zero-order valence-corrected chi connectivity index (χ0v) is 19.3. The molecule has 0 aliphatic carbocycles. The van der Waals surface area contributed by atoms with Gasteiger partial charge in [-0.15, -0.1) is 11.3 Å². The molecular formula is C21H36N4O2S2. The van der Waals surface area contributed by atoms with Crippen molar-refractivity contribution in [3.05, 3.63) is 17.5 Å². The minimum atomic E-state index is -3.28. The van der Waals surface area contributed by atoms with Crippen LogP contribution in [-0.2, 0) is 10.0 Å². The zero-order valence-electron chi connectivity index (χ0n) is 17.7. The number of nitrogens with zero attached hydrogens (tertiary/aromatic N) is 4. The number of piperidine rings is 2. The maximum atomic E-state index is 12.7. The molecule has 3 aliphatic rings. The van der Waals surface area contributed by atoms with Gasteiger partial charge >= 0.3 is 0 Å². The Morgan fingerprint density at radius 1 is 0.897 bits per heavy atom. The molecule has 0 atom stereocenters. The quantitative estimate of drug-likeness (QED) is 0.680. The van der Waals surface area contributed by atoms with Gasteiger partial charge in [0.15, 0.2) is 0 Å². The van der Waals surface area contributed by atoms with Crippen molar-refractivity contribution < 1.29 is 8.42 Å². The molecule has 164 valence electrons. The van der Waals surface area contributed by atoms with E-state index in [1.807, 2.05) is 11.4 Å². The summed E-state index contributed by atoms with van der Waals surface area (Å²) in [7, 11) is -3.28. The summed E-state index contributed by atoms with van der Waals surface area (Å²) in [4.78, 5) is 7.96. The molecule has 3 saturated heterocycles. The van der Waals surface area contributed by atoms with Crippen LogP contribution >= 0.6 is 11.3 Å². The number of hydrogen-bond donors (Lipinski definition) is 0. The molecule has 0 amide bonds. The second-order valence-electron chi connectivity index (χ2n) is 8.71. The van der Waals surface area contributed by atoms with E-state index < -0.39 is 10.0 Å². The molecule has 0 N–H and O–H groups in total. The van der Waals surface area contributed by atoms with Gasteiger partial charge < -0.3 is 9.80 Å². The summed E-state index contributed by atoms with van der Waals surface area (Å²) in [5, 5.41) is 1.84. The van der Waals surface area contributed by atoms with Gasteiger partial charge in [-0.1, -0.05) is 13.0 Å². The minimum Gasteiger partial charge on any atom is -0.301 e. The third-order valence-electron chi connectivity index (χ3n) is 6.99. The maximum absolute atomic E-state index is 12.7. The third-order valence-corrected chi connectivity index (χ3v) is 10.3. The largest absolute Gasteiger partial charge is 0.301 e. The lowest BCUT2D eigenvalue weighted by molar-refractivity contribution is 0.0391. The molecule has 0 unspecified atom stereocenters. The second kappa shape index (κ2) is 9.75. The van der Waals surface area contributed by atoms with Gasteiger partial charge in [0.2, 0.25) is 0 Å². The summed E-state index contributed by atoms with van der Waals surface area (Å²) in [5.74, 6) is 0. The van der Waals surface area contributed by atoms with Gasteiger partial charge in [-0.2, -0.15) is 4.31 Å². The summed E-state index contributed by atoms with van der Waals surface area (Å²) < 4.78 is 27.6. The van der Waals surface area contributed by atoms with Crippen LogP contribution in [0, 0.1) is 0 Å². The van der Waals surface area contributed by atoms with Crippen molar-refractivity contribution in [2.24, 2.45) is 0 Å². The van der Waals surface area contributed by atoms with Crippen LogP contribution in [0.25, 0.3) is 0 Å². The second-order valence-corrected chi connectivity index (χ2v) is 11.8. The predicted molar refractivity (Wildman–Crippen MR) is 119 cm³/mol. The van der Waals surface area contributed by atoms with E-state index in [1.54, 1.807) is 10.4 Å². The smallest absolute Gasteiger partial charge is 0.252 e. The summed E-state index contributed by atoms with van der Waals surface area (Å²) >= 11 is 1.32. The van der Waals surface area contributed by atoms with E-state index in [2.05, 4.69) is 21.6 Å². The molecule has 0 aromatic carbocycles. The number of thiophene rings is 1. The van der Waals surface area contributed by atoms with Gasteiger partial charge in [0, 0.05) is 51.4 Å². The Balaban J connectivity index is 1.21. The fourth-order valence-corrected chi connectivity index (χ4v) is 7.88. The summed E-state index contributed by atoms with van der Waals surface area (Å²) in [6.07, 6.45) is 5.71. The average molecular weight is 441 g/mol. The van der Waals surface area contributed by atoms with E-state index in [-0.39, 0.29) is 0 Å². The van der Waals surface area contributed by atoms with Crippen LogP contribution in [0.4, 0.5) is 0 Å². The van der Waals surface area contributed by atoms with E-state index in [0.717, 1.165) is 18.9 Å². The van der Waals surface area contributed by atoms with Crippen LogP contribution in [0.5, 0.6) is 0 Å². The van der Waals surface area contributed by atoms with Crippen LogP contribution in [0.2, 0.25) is 0 Å². The van der Waals surface area contributed by atoms with Gasteiger partial charge in [0.05, 0.1) is 0 Å². The van der Waals surface area contributed by atoms with Crippen molar-refractivity contribution in [2.75, 3.05) is 58.9 Å². The molecule has 4 rings (SSSR count). The molecule has 0 spiro atoms. The number of piperazine rings is 1. The Bertz CT molecular complexity index is 716. The summed E-state index contributed by atoms with van der Waals surface area (Å²) in [6.45, 7) is 12.1. The predicted octanol–water partition coefficient (Wildman–Crippen LogP) is 2.39. The zero-order chi connectivity index (χ0) is 20.3. The van der Waals surface area contributed by atoms with Gasteiger partial charge in [-0.05, 0) is 63.2 Å². The van der Waals surface area contributed by atoms with Crippen molar-refractivity contribution in [3.8, 4) is 0 Å². The normalized spacial score (nSPS) is 25.6. The molecule has 1 aromatic heterocycles. The Morgan fingerprint density at radius 3 is 2.03 bits per heavy atom. The molecule has 29 heavy (non-hydrogen) atoms. The fourth-order valence-electron chi connectivity index (χ4n) is 5.27. The van der Waals surface area contributed by atoms with Gasteiger partial charge in [-0.3, -0.25) is 4.90 Å². The van der Waals surface area contributed by atoms with E-state index >= 15 is 0 Å². The molecular weight excluding hydrogens is 404 g/mol. The number of sulfonamides is 1. The van der Waals surface area contributed by atoms with Gasteiger partial charge in [-0.25, -0.2) is 8.42 Å². The Morgan fingerprint density at radius 2 is 1.48 bits per heavy atom. The van der Waals surface area contributed by atoms with Crippen LogP contribution in [0.1, 0.15) is 39.0 Å². The first-order chi connectivity index (χ1) is 14.1. The molecule has 1 aromatic rings. The number of rotatable bonds is 6. The van der Waals surface area contributed by atoms with E-state index in [4.69, 9.17) is 0 Å². The first-order valence-electron chi connectivity index (χ1n) is 11.3. The highest BCUT2D eigenvalue weighted by Crippen LogP contribution is 2.28. The van der Waals surface area contributed by atoms with Gasteiger partial charge in [0.25, 0.3) is 10.0 Å². The van der Waals surface area contributed by atoms with Crippen molar-refractivity contribution in [1.29, 1.82) is 0 Å². The van der Waals surface area contributed by atoms with Crippen LogP contribution in [0.15, 0.2) is 21.7 Å². The van der Waals surface area contributed by atoms with Crippen LogP contribution in [-0.4, -0.2) is 98.4 Å². The van der Waals surface area contributed by atoms with Crippen molar-refractivity contribution in [2.45, 2.75) is 55.3 Å². The molecule has 8 heteroatoms. The topological polar surface area (TPSA) is 47.1 Å². The SMILES string of the molecule is CCCN1CCN(C2CCN(C3CCN(S(=O)(=O)c4cccs4)CC3)CC2)CC1. The molecule has 3 fully saturated rings.